The van der Waals surface area contributed by atoms with Gasteiger partial charge in [0.25, 0.3) is 0 Å². The summed E-state index contributed by atoms with van der Waals surface area (Å²) in [5.74, 6) is 0.747. The molecule has 6 heteroatoms. The van der Waals surface area contributed by atoms with E-state index in [-0.39, 0.29) is 11.6 Å². The number of amides is 2. The molecule has 2 heterocycles. The third-order valence-corrected chi connectivity index (χ3v) is 4.50. The molecule has 0 aromatic carbocycles. The van der Waals surface area contributed by atoms with E-state index in [4.69, 9.17) is 4.74 Å². The SMILES string of the molecule is CCCC1(COC)CCCN1C(=O)Nc1cc(CC)nn1C. The second-order valence-corrected chi connectivity index (χ2v) is 6.09. The maximum Gasteiger partial charge on any atom is 0.323 e. The summed E-state index contributed by atoms with van der Waals surface area (Å²) in [5.41, 5.74) is 0.815. The molecule has 1 aromatic heterocycles. The van der Waals surface area contributed by atoms with Gasteiger partial charge in [-0.1, -0.05) is 20.3 Å². The van der Waals surface area contributed by atoms with Crippen molar-refractivity contribution in [2.75, 3.05) is 25.6 Å². The zero-order valence-electron chi connectivity index (χ0n) is 14.2. The van der Waals surface area contributed by atoms with E-state index < -0.39 is 0 Å². The molecule has 22 heavy (non-hydrogen) atoms. The number of rotatable bonds is 6. The molecule has 1 fully saturated rings. The van der Waals surface area contributed by atoms with E-state index in [0.717, 1.165) is 50.2 Å². The normalized spacial score (nSPS) is 21.4. The summed E-state index contributed by atoms with van der Waals surface area (Å²) in [7, 11) is 3.56. The van der Waals surface area contributed by atoms with Crippen LogP contribution < -0.4 is 5.32 Å². The van der Waals surface area contributed by atoms with E-state index in [9.17, 15) is 4.79 Å². The Morgan fingerprint density at radius 1 is 1.50 bits per heavy atom. The number of hydrogen-bond acceptors (Lipinski definition) is 3. The number of carbonyl (C=O) groups excluding carboxylic acids is 1. The fourth-order valence-electron chi connectivity index (χ4n) is 3.46. The van der Waals surface area contributed by atoms with Crippen molar-refractivity contribution in [1.82, 2.24) is 14.7 Å². The molecule has 1 saturated heterocycles. The maximum absolute atomic E-state index is 12.7. The molecule has 0 saturated carbocycles. The topological polar surface area (TPSA) is 59.4 Å². The van der Waals surface area contributed by atoms with Crippen molar-refractivity contribution in [2.24, 2.45) is 7.05 Å². The molecule has 1 aliphatic rings. The molecule has 2 rings (SSSR count). The monoisotopic (exact) mass is 308 g/mol. The minimum absolute atomic E-state index is 0.0475. The van der Waals surface area contributed by atoms with Gasteiger partial charge in [0.15, 0.2) is 0 Å². The number of likely N-dealkylation sites (tertiary alicyclic amines) is 1. The standard InChI is InChI=1S/C16H28N4O2/c1-5-8-16(12-22-4)9-7-10-20(16)15(21)17-14-11-13(6-2)18-19(14)3/h11H,5-10,12H2,1-4H3,(H,17,21). The van der Waals surface area contributed by atoms with Crippen LogP contribution in [0.5, 0.6) is 0 Å². The molecule has 1 unspecified atom stereocenters. The number of ether oxygens (including phenoxy) is 1. The van der Waals surface area contributed by atoms with Crippen LogP contribution in [0.4, 0.5) is 10.6 Å². The molecule has 0 spiro atoms. The Bertz CT molecular complexity index is 506. The average Bonchev–Trinajstić information content (AvgIpc) is 3.04. The van der Waals surface area contributed by atoms with E-state index in [1.807, 2.05) is 18.0 Å². The molecule has 1 N–H and O–H groups in total. The molecule has 1 atom stereocenters. The first-order valence-corrected chi connectivity index (χ1v) is 8.16. The van der Waals surface area contributed by atoms with Crippen LogP contribution >= 0.6 is 0 Å². The Morgan fingerprint density at radius 3 is 2.86 bits per heavy atom. The van der Waals surface area contributed by atoms with E-state index in [1.54, 1.807) is 11.8 Å². The molecular weight excluding hydrogens is 280 g/mol. The van der Waals surface area contributed by atoms with Gasteiger partial charge in [0.1, 0.15) is 5.82 Å². The fourth-order valence-corrected chi connectivity index (χ4v) is 3.46. The Balaban J connectivity index is 2.14. The van der Waals surface area contributed by atoms with Crippen LogP contribution in [0.1, 0.15) is 45.2 Å². The first-order valence-electron chi connectivity index (χ1n) is 8.16. The summed E-state index contributed by atoms with van der Waals surface area (Å²) in [6, 6.07) is 1.89. The third kappa shape index (κ3) is 3.27. The molecule has 1 aliphatic heterocycles. The zero-order chi connectivity index (χ0) is 16.2. The summed E-state index contributed by atoms with van der Waals surface area (Å²) in [6.45, 7) is 5.59. The molecule has 6 nitrogen and oxygen atoms in total. The Kier molecular flexibility index (Phi) is 5.45. The van der Waals surface area contributed by atoms with Gasteiger partial charge in [0, 0.05) is 26.8 Å². The molecule has 0 aliphatic carbocycles. The van der Waals surface area contributed by atoms with Crippen molar-refractivity contribution in [3.05, 3.63) is 11.8 Å². The van der Waals surface area contributed by atoms with Crippen LogP contribution in [0.15, 0.2) is 6.07 Å². The first-order chi connectivity index (χ1) is 10.6. The van der Waals surface area contributed by atoms with Gasteiger partial charge in [-0.15, -0.1) is 0 Å². The van der Waals surface area contributed by atoms with Crippen molar-refractivity contribution in [2.45, 2.75) is 51.5 Å². The summed E-state index contributed by atoms with van der Waals surface area (Å²) in [6.07, 6.45) is 4.91. The second kappa shape index (κ2) is 7.13. The van der Waals surface area contributed by atoms with Gasteiger partial charge in [-0.3, -0.25) is 10.00 Å². The van der Waals surface area contributed by atoms with Crippen LogP contribution in [0.25, 0.3) is 0 Å². The van der Waals surface area contributed by atoms with Gasteiger partial charge in [-0.05, 0) is 25.7 Å². The van der Waals surface area contributed by atoms with Crippen LogP contribution in [0.3, 0.4) is 0 Å². The molecule has 0 bridgehead atoms. The van der Waals surface area contributed by atoms with Crippen molar-refractivity contribution >= 4 is 11.8 Å². The van der Waals surface area contributed by atoms with Gasteiger partial charge in [0.05, 0.1) is 17.8 Å². The van der Waals surface area contributed by atoms with E-state index in [2.05, 4.69) is 24.3 Å². The summed E-state index contributed by atoms with van der Waals surface area (Å²) < 4.78 is 7.15. The molecule has 124 valence electrons. The lowest BCUT2D eigenvalue weighted by molar-refractivity contribution is 0.0539. The van der Waals surface area contributed by atoms with E-state index in [1.165, 1.54) is 0 Å². The highest BCUT2D eigenvalue weighted by molar-refractivity contribution is 5.89. The van der Waals surface area contributed by atoms with Crippen molar-refractivity contribution in [3.63, 3.8) is 0 Å². The molecule has 0 radical (unpaired) electrons. The first kappa shape index (κ1) is 16.8. The third-order valence-electron chi connectivity index (χ3n) is 4.50. The number of anilines is 1. The van der Waals surface area contributed by atoms with Crippen molar-refractivity contribution in [1.29, 1.82) is 0 Å². The van der Waals surface area contributed by atoms with Crippen LogP contribution in [0.2, 0.25) is 0 Å². The quantitative estimate of drug-likeness (QED) is 0.879. The lowest BCUT2D eigenvalue weighted by Crippen LogP contribution is -2.52. The lowest BCUT2D eigenvalue weighted by Gasteiger charge is -2.38. The van der Waals surface area contributed by atoms with Gasteiger partial charge in [-0.2, -0.15) is 5.10 Å². The maximum atomic E-state index is 12.7. The van der Waals surface area contributed by atoms with Crippen LogP contribution in [-0.2, 0) is 18.2 Å². The van der Waals surface area contributed by atoms with Gasteiger partial charge >= 0.3 is 6.03 Å². The van der Waals surface area contributed by atoms with Gasteiger partial charge in [-0.25, -0.2) is 4.79 Å². The Hall–Kier alpha value is -1.56. The predicted molar refractivity (Wildman–Crippen MR) is 87.1 cm³/mol. The highest BCUT2D eigenvalue weighted by Crippen LogP contribution is 2.34. The van der Waals surface area contributed by atoms with E-state index in [0.29, 0.717) is 6.61 Å². The molecular formula is C16H28N4O2. The number of urea groups is 1. The number of nitrogens with one attached hydrogen (secondary N) is 1. The summed E-state index contributed by atoms with van der Waals surface area (Å²) in [5, 5.41) is 7.39. The fraction of sp³-hybridized carbons (Fsp3) is 0.750. The predicted octanol–water partition coefficient (Wildman–Crippen LogP) is 2.80. The van der Waals surface area contributed by atoms with Crippen LogP contribution in [0, 0.1) is 0 Å². The highest BCUT2D eigenvalue weighted by Gasteiger charge is 2.43. The minimum atomic E-state index is -0.167. The largest absolute Gasteiger partial charge is 0.382 e. The number of aromatic nitrogens is 2. The van der Waals surface area contributed by atoms with E-state index >= 15 is 0 Å². The van der Waals surface area contributed by atoms with Crippen molar-refractivity contribution in [3.8, 4) is 0 Å². The number of methoxy groups -OCH3 is 1. The number of carbonyl (C=O) groups is 1. The van der Waals surface area contributed by atoms with Gasteiger partial charge in [0.2, 0.25) is 0 Å². The van der Waals surface area contributed by atoms with Gasteiger partial charge < -0.3 is 9.64 Å². The lowest BCUT2D eigenvalue weighted by atomic mass is 9.91. The molecule has 2 amide bonds. The average molecular weight is 308 g/mol. The summed E-state index contributed by atoms with van der Waals surface area (Å²) >= 11 is 0. The Labute approximate surface area is 132 Å². The number of aryl methyl sites for hydroxylation is 2. The minimum Gasteiger partial charge on any atom is -0.382 e. The zero-order valence-corrected chi connectivity index (χ0v) is 14.2. The molecule has 1 aromatic rings. The van der Waals surface area contributed by atoms with Crippen molar-refractivity contribution < 1.29 is 9.53 Å². The highest BCUT2D eigenvalue weighted by atomic mass is 16.5. The number of nitrogens with zero attached hydrogens (tertiary/aromatic N) is 3. The van der Waals surface area contributed by atoms with Crippen LogP contribution in [-0.4, -0.2) is 46.5 Å². The second-order valence-electron chi connectivity index (χ2n) is 6.09. The Morgan fingerprint density at radius 2 is 2.27 bits per heavy atom. The smallest absolute Gasteiger partial charge is 0.323 e. The number of hydrogen-bond donors (Lipinski definition) is 1. The summed E-state index contributed by atoms with van der Waals surface area (Å²) in [4.78, 5) is 14.7.